The molecule has 0 bridgehead atoms. The minimum atomic E-state index is -0.398. The number of allylic oxidation sites excluding steroid dienone is 1. The smallest absolute Gasteiger partial charge is 0.249 e. The molecule has 2 heterocycles. The summed E-state index contributed by atoms with van der Waals surface area (Å²) in [7, 11) is 0. The number of hydrogen-bond acceptors (Lipinski definition) is 3. The molecule has 4 aliphatic rings. The summed E-state index contributed by atoms with van der Waals surface area (Å²) in [4.78, 5) is 38.5. The maximum atomic E-state index is 12.4. The van der Waals surface area contributed by atoms with Crippen LogP contribution in [0.15, 0.2) is 48.6 Å². The summed E-state index contributed by atoms with van der Waals surface area (Å²) >= 11 is 0. The summed E-state index contributed by atoms with van der Waals surface area (Å²) in [6, 6.07) is 10.2. The number of amides is 3. The molecule has 3 N–H and O–H groups in total. The number of nitrogens with one attached hydrogen (secondary N) is 1. The summed E-state index contributed by atoms with van der Waals surface area (Å²) in [6.07, 6.45) is 6.99. The van der Waals surface area contributed by atoms with Gasteiger partial charge in [-0.1, -0.05) is 36.4 Å². The highest BCUT2D eigenvalue weighted by molar-refractivity contribution is 6.01. The zero-order chi connectivity index (χ0) is 24.3. The van der Waals surface area contributed by atoms with E-state index in [1.807, 2.05) is 23.1 Å². The van der Waals surface area contributed by atoms with Crippen LogP contribution in [-0.2, 0) is 29.0 Å². The first-order valence-electron chi connectivity index (χ1n) is 12.4. The van der Waals surface area contributed by atoms with Crippen LogP contribution < -0.4 is 11.1 Å². The van der Waals surface area contributed by atoms with Gasteiger partial charge in [0.2, 0.25) is 17.7 Å². The lowest BCUT2D eigenvalue weighted by molar-refractivity contribution is -0.126. The molecule has 178 valence electrons. The van der Waals surface area contributed by atoms with Gasteiger partial charge in [0.1, 0.15) is 0 Å². The van der Waals surface area contributed by atoms with Gasteiger partial charge >= 0.3 is 0 Å². The molecule has 1 fully saturated rings. The molecule has 6 nitrogen and oxygen atoms in total. The second kappa shape index (κ2) is 7.94. The molecule has 0 radical (unpaired) electrons. The number of rotatable bonds is 3. The molecule has 2 aliphatic heterocycles. The molecule has 0 aromatic heterocycles. The Morgan fingerprint density at radius 3 is 2.63 bits per heavy atom. The summed E-state index contributed by atoms with van der Waals surface area (Å²) in [6.45, 7) is 4.85. The van der Waals surface area contributed by atoms with Gasteiger partial charge in [-0.05, 0) is 89.6 Å². The van der Waals surface area contributed by atoms with E-state index in [1.54, 1.807) is 0 Å². The standard InChI is InChI=1S/C29H29N3O3/c1-2-26(34)32-13-10-19-18(16-32)4-3-5-20(19)21-6-7-22(28(30)35)23-14-17-8-11-29(12-9-25(33)31-29)15-24(17)27(21)23/h2-7H,1,8-16H2,(H2,30,35)(H,31,33). The predicted octanol–water partition coefficient (Wildman–Crippen LogP) is 3.67. The lowest BCUT2D eigenvalue weighted by Gasteiger charge is -2.35. The van der Waals surface area contributed by atoms with Gasteiger partial charge in [-0.15, -0.1) is 0 Å². The Labute approximate surface area is 204 Å². The van der Waals surface area contributed by atoms with E-state index in [0.717, 1.165) is 66.3 Å². The van der Waals surface area contributed by atoms with E-state index in [0.29, 0.717) is 25.1 Å². The second-order valence-corrected chi connectivity index (χ2v) is 10.3. The molecule has 0 saturated carbocycles. The van der Waals surface area contributed by atoms with Gasteiger partial charge < -0.3 is 16.0 Å². The van der Waals surface area contributed by atoms with Crippen LogP contribution in [-0.4, -0.2) is 34.7 Å². The lowest BCUT2D eigenvalue weighted by atomic mass is 9.76. The molecule has 1 unspecified atom stereocenters. The minimum Gasteiger partial charge on any atom is -0.366 e. The van der Waals surface area contributed by atoms with E-state index in [4.69, 9.17) is 5.73 Å². The van der Waals surface area contributed by atoms with E-state index in [1.165, 1.54) is 22.8 Å². The quantitative estimate of drug-likeness (QED) is 0.675. The Kier molecular flexibility index (Phi) is 4.95. The van der Waals surface area contributed by atoms with E-state index < -0.39 is 5.91 Å². The third kappa shape index (κ3) is 3.42. The highest BCUT2D eigenvalue weighted by atomic mass is 16.2. The van der Waals surface area contributed by atoms with Gasteiger partial charge in [0.05, 0.1) is 0 Å². The van der Waals surface area contributed by atoms with Gasteiger partial charge in [-0.2, -0.15) is 0 Å². The monoisotopic (exact) mass is 467 g/mol. The van der Waals surface area contributed by atoms with Crippen LogP contribution in [0.1, 0.15) is 64.7 Å². The van der Waals surface area contributed by atoms with Crippen LogP contribution in [0.2, 0.25) is 0 Å². The Balaban J connectivity index is 1.48. The summed E-state index contributed by atoms with van der Waals surface area (Å²) in [5.74, 6) is -0.312. The molecule has 3 amide bonds. The molecule has 2 aromatic rings. The topological polar surface area (TPSA) is 92.5 Å². The largest absolute Gasteiger partial charge is 0.366 e. The van der Waals surface area contributed by atoms with E-state index in [2.05, 4.69) is 24.0 Å². The van der Waals surface area contributed by atoms with Crippen molar-refractivity contribution in [1.29, 1.82) is 0 Å². The molecule has 35 heavy (non-hydrogen) atoms. The Bertz CT molecular complexity index is 1360. The number of fused-ring (bicyclic) bond motifs is 3. The first kappa shape index (κ1) is 21.8. The fourth-order valence-electron chi connectivity index (χ4n) is 6.67. The maximum Gasteiger partial charge on any atom is 0.249 e. The first-order chi connectivity index (χ1) is 16.9. The average molecular weight is 468 g/mol. The molecule has 1 saturated heterocycles. The fraction of sp³-hybridized carbons (Fsp3) is 0.345. The van der Waals surface area contributed by atoms with Crippen molar-refractivity contribution in [2.75, 3.05) is 6.54 Å². The fourth-order valence-corrected chi connectivity index (χ4v) is 6.67. The van der Waals surface area contributed by atoms with Crippen LogP contribution in [0.25, 0.3) is 16.7 Å². The first-order valence-corrected chi connectivity index (χ1v) is 12.4. The van der Waals surface area contributed by atoms with Gasteiger partial charge in [-0.3, -0.25) is 14.4 Å². The Morgan fingerprint density at radius 2 is 1.89 bits per heavy atom. The van der Waals surface area contributed by atoms with Crippen LogP contribution in [0.5, 0.6) is 0 Å². The number of benzene rings is 2. The van der Waals surface area contributed by atoms with Crippen LogP contribution >= 0.6 is 0 Å². The maximum absolute atomic E-state index is 12.4. The molecule has 2 aliphatic carbocycles. The molecule has 2 aromatic carbocycles. The lowest BCUT2D eigenvalue weighted by Crippen LogP contribution is -2.43. The third-order valence-corrected chi connectivity index (χ3v) is 8.40. The Hall–Kier alpha value is -3.67. The molecule has 1 spiro atoms. The van der Waals surface area contributed by atoms with E-state index >= 15 is 0 Å². The van der Waals surface area contributed by atoms with Crippen molar-refractivity contribution < 1.29 is 14.4 Å². The normalized spacial score (nSPS) is 22.5. The Morgan fingerprint density at radius 1 is 1.06 bits per heavy atom. The summed E-state index contributed by atoms with van der Waals surface area (Å²) in [5, 5.41) is 3.27. The molecular weight excluding hydrogens is 438 g/mol. The number of hydrogen-bond donors (Lipinski definition) is 2. The molecular formula is C29H29N3O3. The SMILES string of the molecule is C=CC(=O)N1CCc2c(cccc2-c2ccc(C(N)=O)c3c2C2=C(CCC4(CCC(=O)N4)C2)C3)C1. The summed E-state index contributed by atoms with van der Waals surface area (Å²) in [5.41, 5.74) is 15.7. The predicted molar refractivity (Wildman–Crippen MR) is 134 cm³/mol. The number of primary amides is 1. The molecule has 6 rings (SSSR count). The molecule has 6 heteroatoms. The third-order valence-electron chi connectivity index (χ3n) is 8.40. The van der Waals surface area contributed by atoms with E-state index in [-0.39, 0.29) is 17.4 Å². The van der Waals surface area contributed by atoms with Crippen molar-refractivity contribution in [3.63, 3.8) is 0 Å². The zero-order valence-electron chi connectivity index (χ0n) is 19.8. The van der Waals surface area contributed by atoms with E-state index in [9.17, 15) is 14.4 Å². The number of nitrogens with zero attached hydrogens (tertiary/aromatic N) is 1. The van der Waals surface area contributed by atoms with Gasteiger partial charge in [-0.25, -0.2) is 0 Å². The van der Waals surface area contributed by atoms with Crippen molar-refractivity contribution >= 4 is 23.3 Å². The highest BCUT2D eigenvalue weighted by Gasteiger charge is 2.44. The second-order valence-electron chi connectivity index (χ2n) is 10.3. The van der Waals surface area contributed by atoms with Gasteiger partial charge in [0.15, 0.2) is 0 Å². The van der Waals surface area contributed by atoms with Crippen molar-refractivity contribution in [2.24, 2.45) is 5.73 Å². The van der Waals surface area contributed by atoms with Crippen molar-refractivity contribution in [3.05, 3.63) is 76.4 Å². The number of nitrogens with two attached hydrogens (primary N) is 1. The van der Waals surface area contributed by atoms with Gasteiger partial charge in [0.25, 0.3) is 0 Å². The van der Waals surface area contributed by atoms with Crippen LogP contribution in [0.4, 0.5) is 0 Å². The van der Waals surface area contributed by atoms with Crippen molar-refractivity contribution in [2.45, 2.75) is 57.0 Å². The highest BCUT2D eigenvalue weighted by Crippen LogP contribution is 2.51. The number of carbonyl (C=O) groups is 3. The molecule has 1 atom stereocenters. The van der Waals surface area contributed by atoms with Crippen LogP contribution in [0.3, 0.4) is 0 Å². The number of carbonyl (C=O) groups excluding carboxylic acids is 3. The summed E-state index contributed by atoms with van der Waals surface area (Å²) < 4.78 is 0. The zero-order valence-corrected chi connectivity index (χ0v) is 19.8. The van der Waals surface area contributed by atoms with Crippen molar-refractivity contribution in [1.82, 2.24) is 10.2 Å². The van der Waals surface area contributed by atoms with Crippen LogP contribution in [0, 0.1) is 0 Å². The van der Waals surface area contributed by atoms with Gasteiger partial charge in [0, 0.05) is 30.6 Å². The van der Waals surface area contributed by atoms with Crippen molar-refractivity contribution in [3.8, 4) is 11.1 Å². The minimum absolute atomic E-state index is 0.0475. The average Bonchev–Trinajstić information content (AvgIpc) is 3.42.